The second-order valence-corrected chi connectivity index (χ2v) is 8.84. The van der Waals surface area contributed by atoms with Crippen LogP contribution in [0.4, 0.5) is 11.6 Å². The molecule has 1 unspecified atom stereocenters. The molecule has 4 aromatic rings. The number of allylic oxidation sites excluding steroid dienone is 1. The van der Waals surface area contributed by atoms with Crippen molar-refractivity contribution in [1.82, 2.24) is 24.3 Å². The molecular weight excluding hydrogens is 440 g/mol. The lowest BCUT2D eigenvalue weighted by molar-refractivity contribution is 0.202. The summed E-state index contributed by atoms with van der Waals surface area (Å²) in [5.41, 5.74) is 4.84. The van der Waals surface area contributed by atoms with Gasteiger partial charge in [-0.3, -0.25) is 4.79 Å². The van der Waals surface area contributed by atoms with Crippen LogP contribution in [0, 0.1) is 0 Å². The molecular formula is C27H30N6O2. The molecule has 0 fully saturated rings. The topological polar surface area (TPSA) is 86.9 Å². The molecule has 8 heteroatoms. The highest BCUT2D eigenvalue weighted by Gasteiger charge is 2.25. The number of aromatic nitrogens is 5. The van der Waals surface area contributed by atoms with Gasteiger partial charge in [0, 0.05) is 30.6 Å². The molecule has 35 heavy (non-hydrogen) atoms. The Morgan fingerprint density at radius 2 is 2.03 bits per heavy atom. The maximum absolute atomic E-state index is 13.2. The van der Waals surface area contributed by atoms with Crippen molar-refractivity contribution < 1.29 is 4.74 Å². The predicted octanol–water partition coefficient (Wildman–Crippen LogP) is 4.54. The number of ether oxygens (including phenoxy) is 1. The van der Waals surface area contributed by atoms with Crippen LogP contribution in [0.15, 0.2) is 60.0 Å². The van der Waals surface area contributed by atoms with Crippen molar-refractivity contribution in [3.63, 3.8) is 0 Å². The summed E-state index contributed by atoms with van der Waals surface area (Å²) < 4.78 is 8.56. The Morgan fingerprint density at radius 3 is 2.77 bits per heavy atom. The highest BCUT2D eigenvalue weighted by atomic mass is 16.5. The number of nitrogens with zero attached hydrogens (tertiary/aromatic N) is 5. The first-order chi connectivity index (χ1) is 17.1. The molecule has 8 nitrogen and oxygen atoms in total. The van der Waals surface area contributed by atoms with Gasteiger partial charge in [-0.2, -0.15) is 4.98 Å². The number of methoxy groups -OCH3 is 1. The average molecular weight is 471 g/mol. The summed E-state index contributed by atoms with van der Waals surface area (Å²) in [5, 5.41) is 3.70. The van der Waals surface area contributed by atoms with Gasteiger partial charge in [0.15, 0.2) is 11.5 Å². The minimum absolute atomic E-state index is 0.164. The first-order valence-corrected chi connectivity index (χ1v) is 12.1. The highest BCUT2D eigenvalue weighted by Crippen LogP contribution is 2.34. The van der Waals surface area contributed by atoms with Gasteiger partial charge >= 0.3 is 0 Å². The van der Waals surface area contributed by atoms with Gasteiger partial charge < -0.3 is 10.1 Å². The SMILES string of the molecule is C=CCn1c(=O)c2cnc(Nc3ccc(CCOC)cc3)nc2n1-c1ccc2c(n1)C(CC)CC2. The summed E-state index contributed by atoms with van der Waals surface area (Å²) in [6, 6.07) is 12.2. The van der Waals surface area contributed by atoms with Gasteiger partial charge in [0.1, 0.15) is 5.39 Å². The van der Waals surface area contributed by atoms with Crippen molar-refractivity contribution in [3.8, 4) is 5.82 Å². The van der Waals surface area contributed by atoms with Gasteiger partial charge in [-0.1, -0.05) is 31.2 Å². The zero-order chi connectivity index (χ0) is 24.4. The monoisotopic (exact) mass is 470 g/mol. The Balaban J connectivity index is 1.56. The maximum Gasteiger partial charge on any atom is 0.278 e. The molecule has 0 aliphatic heterocycles. The minimum atomic E-state index is -0.164. The van der Waals surface area contributed by atoms with E-state index in [0.29, 0.717) is 41.9 Å². The van der Waals surface area contributed by atoms with E-state index >= 15 is 0 Å². The summed E-state index contributed by atoms with van der Waals surface area (Å²) in [6.45, 7) is 7.06. The third-order valence-corrected chi connectivity index (χ3v) is 6.64. The van der Waals surface area contributed by atoms with Crippen LogP contribution in [-0.4, -0.2) is 38.0 Å². The van der Waals surface area contributed by atoms with Gasteiger partial charge in [0.05, 0.1) is 13.2 Å². The van der Waals surface area contributed by atoms with Crippen LogP contribution in [-0.2, 0) is 24.1 Å². The van der Waals surface area contributed by atoms with Crippen LogP contribution in [0.25, 0.3) is 16.9 Å². The van der Waals surface area contributed by atoms with Crippen LogP contribution < -0.4 is 10.9 Å². The van der Waals surface area contributed by atoms with Gasteiger partial charge in [0.25, 0.3) is 5.56 Å². The average Bonchev–Trinajstić information content (AvgIpc) is 3.41. The third kappa shape index (κ3) is 4.37. The van der Waals surface area contributed by atoms with E-state index in [0.717, 1.165) is 37.1 Å². The van der Waals surface area contributed by atoms with Gasteiger partial charge in [0.2, 0.25) is 5.95 Å². The molecule has 3 aromatic heterocycles. The van der Waals surface area contributed by atoms with Crippen LogP contribution in [0.5, 0.6) is 0 Å². The van der Waals surface area contributed by atoms with E-state index in [9.17, 15) is 4.79 Å². The summed E-state index contributed by atoms with van der Waals surface area (Å²) in [5.74, 6) is 1.55. The first-order valence-electron chi connectivity index (χ1n) is 12.1. The van der Waals surface area contributed by atoms with Gasteiger partial charge in [-0.15, -0.1) is 6.58 Å². The number of hydrogen-bond acceptors (Lipinski definition) is 6. The Morgan fingerprint density at radius 1 is 1.20 bits per heavy atom. The molecule has 180 valence electrons. The van der Waals surface area contributed by atoms with Gasteiger partial charge in [-0.25, -0.2) is 19.3 Å². The fourth-order valence-electron chi connectivity index (χ4n) is 4.75. The van der Waals surface area contributed by atoms with Crippen LogP contribution in [0.1, 0.15) is 42.5 Å². The standard InChI is InChI=1S/C27H30N6O2/c1-4-15-32-26(34)22-17-28-27(29-21-11-6-18(7-12-21)14-16-35-3)31-25(22)33(32)23-13-10-20-9-8-19(5-2)24(20)30-23/h4,6-7,10-13,17,19H,1,5,8-9,14-16H2,2-3H3,(H,28,29,31). The highest BCUT2D eigenvalue weighted by molar-refractivity contribution is 5.77. The van der Waals surface area contributed by atoms with E-state index < -0.39 is 0 Å². The summed E-state index contributed by atoms with van der Waals surface area (Å²) in [7, 11) is 1.70. The quantitative estimate of drug-likeness (QED) is 0.362. The maximum atomic E-state index is 13.2. The van der Waals surface area contributed by atoms with E-state index in [1.165, 1.54) is 11.1 Å². The number of rotatable bonds is 9. The van der Waals surface area contributed by atoms with E-state index in [2.05, 4.69) is 42.0 Å². The third-order valence-electron chi connectivity index (χ3n) is 6.64. The molecule has 1 aromatic carbocycles. The minimum Gasteiger partial charge on any atom is -0.384 e. The number of benzene rings is 1. The molecule has 5 rings (SSSR count). The number of anilines is 2. The molecule has 0 radical (unpaired) electrons. The number of fused-ring (bicyclic) bond motifs is 2. The Kier molecular flexibility index (Phi) is 6.46. The van der Waals surface area contributed by atoms with Crippen LogP contribution in [0.3, 0.4) is 0 Å². The Labute approximate surface area is 204 Å². The van der Waals surface area contributed by atoms with Crippen molar-refractivity contribution in [3.05, 3.63) is 82.4 Å². The smallest absolute Gasteiger partial charge is 0.278 e. The second kappa shape index (κ2) is 9.84. The lowest BCUT2D eigenvalue weighted by Crippen LogP contribution is -2.22. The molecule has 1 aliphatic rings. The molecule has 3 heterocycles. The molecule has 0 saturated carbocycles. The molecule has 1 aliphatic carbocycles. The number of aryl methyl sites for hydroxylation is 1. The number of nitrogens with one attached hydrogen (secondary N) is 1. The van der Waals surface area contributed by atoms with Crippen molar-refractivity contribution in [2.75, 3.05) is 19.0 Å². The zero-order valence-electron chi connectivity index (χ0n) is 20.2. The van der Waals surface area contributed by atoms with Crippen molar-refractivity contribution in [1.29, 1.82) is 0 Å². The van der Waals surface area contributed by atoms with E-state index in [-0.39, 0.29) is 5.56 Å². The fraction of sp³-hybridized carbons (Fsp3) is 0.333. The van der Waals surface area contributed by atoms with Gasteiger partial charge in [-0.05, 0) is 55.0 Å². The largest absolute Gasteiger partial charge is 0.384 e. The van der Waals surface area contributed by atoms with Crippen LogP contribution >= 0.6 is 0 Å². The summed E-state index contributed by atoms with van der Waals surface area (Å²) >= 11 is 0. The van der Waals surface area contributed by atoms with Crippen molar-refractivity contribution in [2.24, 2.45) is 0 Å². The second-order valence-electron chi connectivity index (χ2n) is 8.84. The lowest BCUT2D eigenvalue weighted by Gasteiger charge is -2.13. The lowest BCUT2D eigenvalue weighted by atomic mass is 10.0. The summed E-state index contributed by atoms with van der Waals surface area (Å²) in [6.07, 6.45) is 7.36. The molecule has 0 bridgehead atoms. The fourth-order valence-corrected chi connectivity index (χ4v) is 4.75. The van der Waals surface area contributed by atoms with E-state index in [1.54, 1.807) is 28.7 Å². The molecule has 0 spiro atoms. The molecule has 1 atom stereocenters. The van der Waals surface area contributed by atoms with Crippen LogP contribution in [0.2, 0.25) is 0 Å². The summed E-state index contributed by atoms with van der Waals surface area (Å²) in [4.78, 5) is 27.4. The predicted molar refractivity (Wildman–Crippen MR) is 138 cm³/mol. The zero-order valence-corrected chi connectivity index (χ0v) is 20.2. The molecule has 0 amide bonds. The first kappa shape index (κ1) is 23.0. The molecule has 0 saturated heterocycles. The Bertz CT molecular complexity index is 1420. The Hall–Kier alpha value is -3.78. The van der Waals surface area contributed by atoms with E-state index in [1.807, 2.05) is 18.2 Å². The van der Waals surface area contributed by atoms with E-state index in [4.69, 9.17) is 14.7 Å². The normalized spacial score (nSPS) is 14.9. The number of pyridine rings is 1. The number of hydrogen-bond donors (Lipinski definition) is 1. The van der Waals surface area contributed by atoms with Crippen molar-refractivity contribution in [2.45, 2.75) is 45.1 Å². The molecule has 1 N–H and O–H groups in total. The van der Waals surface area contributed by atoms with Crippen molar-refractivity contribution >= 4 is 22.7 Å².